The minimum atomic E-state index is -0.446. The van der Waals surface area contributed by atoms with Crippen molar-refractivity contribution in [1.29, 1.82) is 0 Å². The first kappa shape index (κ1) is 16.6. The zero-order chi connectivity index (χ0) is 17.6. The number of fused-ring (bicyclic) bond motifs is 1. The van der Waals surface area contributed by atoms with E-state index in [0.29, 0.717) is 30.6 Å². The van der Waals surface area contributed by atoms with E-state index in [1.54, 1.807) is 12.0 Å². The van der Waals surface area contributed by atoms with Crippen molar-refractivity contribution in [2.75, 3.05) is 7.11 Å². The molecule has 1 saturated heterocycles. The summed E-state index contributed by atoms with van der Waals surface area (Å²) in [5.74, 6) is 0.510. The van der Waals surface area contributed by atoms with Crippen molar-refractivity contribution in [1.82, 2.24) is 10.2 Å². The van der Waals surface area contributed by atoms with Crippen LogP contribution < -0.4 is 10.1 Å². The largest absolute Gasteiger partial charge is 0.496 e. The molecule has 24 heavy (non-hydrogen) atoms. The predicted octanol–water partition coefficient (Wildman–Crippen LogP) is 2.74. The molecule has 0 bridgehead atoms. The van der Waals surface area contributed by atoms with Gasteiger partial charge >= 0.3 is 0 Å². The van der Waals surface area contributed by atoms with Crippen LogP contribution in [0.3, 0.4) is 0 Å². The third kappa shape index (κ3) is 2.58. The molecule has 2 amide bonds. The summed E-state index contributed by atoms with van der Waals surface area (Å²) >= 11 is 0. The number of nitrogens with zero attached hydrogens (tertiary/aromatic N) is 1. The third-order valence-corrected chi connectivity index (χ3v) is 4.79. The van der Waals surface area contributed by atoms with Gasteiger partial charge in [0.15, 0.2) is 0 Å². The van der Waals surface area contributed by atoms with E-state index in [9.17, 15) is 9.59 Å². The van der Waals surface area contributed by atoms with Crippen LogP contribution in [-0.4, -0.2) is 29.9 Å². The van der Waals surface area contributed by atoms with Gasteiger partial charge in [-0.1, -0.05) is 33.4 Å². The molecule has 1 N–H and O–H groups in total. The number of ether oxygens (including phenoxy) is 1. The highest BCUT2D eigenvalue weighted by atomic mass is 16.5. The lowest BCUT2D eigenvalue weighted by Gasteiger charge is -2.31. The molecular weight excluding hydrogens is 304 g/mol. The summed E-state index contributed by atoms with van der Waals surface area (Å²) < 4.78 is 5.65. The Balaban J connectivity index is 1.98. The van der Waals surface area contributed by atoms with E-state index in [2.05, 4.69) is 32.7 Å². The molecule has 1 fully saturated rings. The monoisotopic (exact) mass is 328 g/mol. The number of hydrogen-bond acceptors (Lipinski definition) is 3. The minimum absolute atomic E-state index is 0.0865. The van der Waals surface area contributed by atoms with Gasteiger partial charge in [0.05, 0.1) is 13.7 Å². The van der Waals surface area contributed by atoms with Gasteiger partial charge in [-0.05, 0) is 29.9 Å². The Morgan fingerprint density at radius 3 is 2.58 bits per heavy atom. The number of nitrogens with one attached hydrogen (secondary N) is 1. The Morgan fingerprint density at radius 2 is 2.00 bits per heavy atom. The maximum Gasteiger partial charge on any atom is 0.255 e. The Hall–Kier alpha value is -2.30. The van der Waals surface area contributed by atoms with Crippen molar-refractivity contribution in [3.05, 3.63) is 41.1 Å². The molecule has 5 nitrogen and oxygen atoms in total. The average Bonchev–Trinajstić information content (AvgIpc) is 2.82. The molecule has 2 aliphatic heterocycles. The highest BCUT2D eigenvalue weighted by Gasteiger charge is 2.40. The number of hydrogen-bond donors (Lipinski definition) is 1. The highest BCUT2D eigenvalue weighted by molar-refractivity contribution is 6.02. The molecule has 3 rings (SSSR count). The second kappa shape index (κ2) is 5.65. The lowest BCUT2D eigenvalue weighted by molar-refractivity contribution is -0.126. The number of amides is 2. The molecule has 1 aromatic carbocycles. The van der Waals surface area contributed by atoms with Gasteiger partial charge in [0.25, 0.3) is 5.91 Å². The van der Waals surface area contributed by atoms with Crippen molar-refractivity contribution < 1.29 is 14.3 Å². The van der Waals surface area contributed by atoms with E-state index < -0.39 is 6.04 Å². The molecule has 2 heterocycles. The fourth-order valence-electron chi connectivity index (χ4n) is 3.52. The van der Waals surface area contributed by atoms with E-state index in [-0.39, 0.29) is 17.2 Å². The van der Waals surface area contributed by atoms with Gasteiger partial charge in [-0.3, -0.25) is 9.59 Å². The molecule has 0 aromatic heterocycles. The number of piperidine rings is 1. The van der Waals surface area contributed by atoms with Crippen LogP contribution in [0.4, 0.5) is 0 Å². The number of allylic oxidation sites excluding steroid dienone is 1. The number of rotatable bonds is 2. The first-order chi connectivity index (χ1) is 11.2. The first-order valence-corrected chi connectivity index (χ1v) is 8.24. The molecule has 1 atom stereocenters. The van der Waals surface area contributed by atoms with Crippen LogP contribution in [0.1, 0.15) is 55.1 Å². The lowest BCUT2D eigenvalue weighted by Crippen LogP contribution is -2.49. The van der Waals surface area contributed by atoms with Crippen LogP contribution >= 0.6 is 0 Å². The molecule has 0 radical (unpaired) electrons. The van der Waals surface area contributed by atoms with Gasteiger partial charge in [0.2, 0.25) is 5.91 Å². The normalized spacial score (nSPS) is 20.9. The molecule has 2 aliphatic rings. The zero-order valence-corrected chi connectivity index (χ0v) is 14.7. The highest BCUT2D eigenvalue weighted by Crippen LogP contribution is 2.40. The SMILES string of the molecule is C=C1CCC(N2Cc3c(ccc(C(C)(C)C)c3OC)C2=O)C(=O)N1. The van der Waals surface area contributed by atoms with Gasteiger partial charge in [-0.25, -0.2) is 0 Å². The smallest absolute Gasteiger partial charge is 0.255 e. The van der Waals surface area contributed by atoms with Crippen molar-refractivity contribution in [3.63, 3.8) is 0 Å². The van der Waals surface area contributed by atoms with Gasteiger partial charge < -0.3 is 15.0 Å². The fraction of sp³-hybridized carbons (Fsp3) is 0.474. The molecule has 128 valence electrons. The van der Waals surface area contributed by atoms with Gasteiger partial charge in [0, 0.05) is 16.8 Å². The average molecular weight is 328 g/mol. The maximum absolute atomic E-state index is 12.8. The van der Waals surface area contributed by atoms with Crippen LogP contribution in [-0.2, 0) is 16.8 Å². The van der Waals surface area contributed by atoms with Crippen LogP contribution in [0.2, 0.25) is 0 Å². The van der Waals surface area contributed by atoms with Gasteiger partial charge in [0.1, 0.15) is 11.8 Å². The minimum Gasteiger partial charge on any atom is -0.496 e. The summed E-state index contributed by atoms with van der Waals surface area (Å²) in [4.78, 5) is 26.7. The topological polar surface area (TPSA) is 58.6 Å². The van der Waals surface area contributed by atoms with E-state index >= 15 is 0 Å². The summed E-state index contributed by atoms with van der Waals surface area (Å²) in [6, 6.07) is 3.38. The Morgan fingerprint density at radius 1 is 1.29 bits per heavy atom. The lowest BCUT2D eigenvalue weighted by atomic mass is 9.84. The van der Waals surface area contributed by atoms with Crippen molar-refractivity contribution in [2.45, 2.75) is 51.6 Å². The van der Waals surface area contributed by atoms with E-state index in [0.717, 1.165) is 16.9 Å². The molecule has 1 aromatic rings. The van der Waals surface area contributed by atoms with Crippen molar-refractivity contribution >= 4 is 11.8 Å². The van der Waals surface area contributed by atoms with Crippen LogP contribution in [0, 0.1) is 0 Å². The molecule has 1 unspecified atom stereocenters. The Bertz CT molecular complexity index is 731. The predicted molar refractivity (Wildman–Crippen MR) is 91.9 cm³/mol. The second-order valence-corrected chi connectivity index (χ2v) is 7.50. The van der Waals surface area contributed by atoms with E-state index in [1.165, 1.54) is 0 Å². The standard InChI is InChI=1S/C19H24N2O3/c1-11-6-9-15(17(22)20-11)21-10-13-12(18(21)23)7-8-14(16(13)24-5)19(2,3)4/h7-8,15H,1,6,9-10H2,2-5H3,(H,20,22). The molecular formula is C19H24N2O3. The van der Waals surface area contributed by atoms with Crippen LogP contribution in [0.15, 0.2) is 24.4 Å². The van der Waals surface area contributed by atoms with Gasteiger partial charge in [-0.2, -0.15) is 0 Å². The van der Waals surface area contributed by atoms with E-state index in [1.807, 2.05) is 12.1 Å². The first-order valence-electron chi connectivity index (χ1n) is 8.24. The summed E-state index contributed by atoms with van der Waals surface area (Å²) in [6.07, 6.45) is 1.31. The van der Waals surface area contributed by atoms with Crippen molar-refractivity contribution in [2.24, 2.45) is 0 Å². The molecule has 0 spiro atoms. The summed E-state index contributed by atoms with van der Waals surface area (Å²) in [7, 11) is 1.63. The number of carbonyl (C=O) groups excluding carboxylic acids is 2. The van der Waals surface area contributed by atoms with Crippen LogP contribution in [0.5, 0.6) is 5.75 Å². The summed E-state index contributed by atoms with van der Waals surface area (Å²) in [5.41, 5.74) is 3.22. The molecule has 5 heteroatoms. The quantitative estimate of drug-likeness (QED) is 0.908. The third-order valence-electron chi connectivity index (χ3n) is 4.79. The van der Waals surface area contributed by atoms with Crippen molar-refractivity contribution in [3.8, 4) is 5.75 Å². The number of benzene rings is 1. The summed E-state index contributed by atoms with van der Waals surface area (Å²) in [6.45, 7) is 10.6. The Labute approximate surface area is 142 Å². The van der Waals surface area contributed by atoms with E-state index in [4.69, 9.17) is 4.74 Å². The zero-order valence-electron chi connectivity index (χ0n) is 14.7. The molecule has 0 aliphatic carbocycles. The second-order valence-electron chi connectivity index (χ2n) is 7.50. The number of methoxy groups -OCH3 is 1. The molecule has 0 saturated carbocycles. The Kier molecular flexibility index (Phi) is 3.90. The van der Waals surface area contributed by atoms with Crippen LogP contribution in [0.25, 0.3) is 0 Å². The fourth-order valence-corrected chi connectivity index (χ4v) is 3.52. The number of carbonyl (C=O) groups is 2. The maximum atomic E-state index is 12.8. The summed E-state index contributed by atoms with van der Waals surface area (Å²) in [5, 5.41) is 2.76. The van der Waals surface area contributed by atoms with Gasteiger partial charge in [-0.15, -0.1) is 0 Å².